The molecule has 0 aliphatic carbocycles. The summed E-state index contributed by atoms with van der Waals surface area (Å²) in [5.41, 5.74) is 0.151. The van der Waals surface area contributed by atoms with Crippen molar-refractivity contribution < 1.29 is 31.5 Å². The van der Waals surface area contributed by atoms with Crippen LogP contribution in [0.3, 0.4) is 0 Å². The van der Waals surface area contributed by atoms with E-state index in [1.165, 1.54) is 36.5 Å². The molecule has 0 spiro atoms. The number of aryl methyl sites for hydroxylation is 1. The highest BCUT2D eigenvalue weighted by Crippen LogP contribution is 2.34. The van der Waals surface area contributed by atoms with E-state index in [2.05, 4.69) is 19.7 Å². The molecule has 2 aromatic heterocycles. The number of pyridine rings is 1. The second-order valence-electron chi connectivity index (χ2n) is 6.52. The summed E-state index contributed by atoms with van der Waals surface area (Å²) in [4.78, 5) is 20.4. The van der Waals surface area contributed by atoms with Crippen LogP contribution in [0, 0.1) is 6.92 Å². The summed E-state index contributed by atoms with van der Waals surface area (Å²) < 4.78 is 64.0. The van der Waals surface area contributed by atoms with Gasteiger partial charge in [0, 0.05) is 23.4 Å². The van der Waals surface area contributed by atoms with Gasteiger partial charge in [-0.1, -0.05) is 0 Å². The van der Waals surface area contributed by atoms with E-state index in [9.17, 15) is 22.0 Å². The Bertz CT molecular complexity index is 1200. The fourth-order valence-electron chi connectivity index (χ4n) is 2.40. The third-order valence-corrected chi connectivity index (χ3v) is 5.63. The van der Waals surface area contributed by atoms with Crippen LogP contribution in [0.4, 0.5) is 13.9 Å². The Morgan fingerprint density at radius 1 is 1.19 bits per heavy atom. The molecule has 9 nitrogen and oxygen atoms in total. The average Bonchev–Trinajstić information content (AvgIpc) is 3.17. The number of rotatable bonds is 9. The number of hydrogen-bond donors (Lipinski definition) is 1. The summed E-state index contributed by atoms with van der Waals surface area (Å²) in [6, 6.07) is 6.64. The molecule has 32 heavy (non-hydrogen) atoms. The standard InChI is InChI=1S/C19H18F2N4O5S2/c1-11-23-19(31-25-11)24-18(26)12-3-5-15(30-14(8-20)9-21)16(7-12)29-13-4-6-17(22-10-13)32(2,27)28/h3-7,10,14H,8-9H2,1-2H3,(H,23,24,25,26). The van der Waals surface area contributed by atoms with Crippen molar-refractivity contribution in [1.82, 2.24) is 14.3 Å². The number of anilines is 1. The summed E-state index contributed by atoms with van der Waals surface area (Å²) in [7, 11) is -3.51. The fourth-order valence-corrected chi connectivity index (χ4v) is 3.53. The third kappa shape index (κ3) is 5.95. The largest absolute Gasteiger partial charge is 0.481 e. The quantitative estimate of drug-likeness (QED) is 0.491. The van der Waals surface area contributed by atoms with Gasteiger partial charge < -0.3 is 9.47 Å². The Hall–Kier alpha value is -3.19. The zero-order valence-electron chi connectivity index (χ0n) is 16.9. The highest BCUT2D eigenvalue weighted by Gasteiger charge is 2.18. The number of carbonyl (C=O) groups excluding carboxylic acids is 1. The Morgan fingerprint density at radius 3 is 2.50 bits per heavy atom. The highest BCUT2D eigenvalue weighted by atomic mass is 32.2. The minimum Gasteiger partial charge on any atom is -0.481 e. The van der Waals surface area contributed by atoms with E-state index >= 15 is 0 Å². The van der Waals surface area contributed by atoms with E-state index < -0.39 is 35.2 Å². The molecule has 0 saturated carbocycles. The fraction of sp³-hybridized carbons (Fsp3) is 0.263. The maximum Gasteiger partial charge on any atom is 0.257 e. The highest BCUT2D eigenvalue weighted by molar-refractivity contribution is 7.90. The van der Waals surface area contributed by atoms with Crippen molar-refractivity contribution >= 4 is 32.4 Å². The molecular formula is C19H18F2N4O5S2. The lowest BCUT2D eigenvalue weighted by Gasteiger charge is -2.17. The topological polar surface area (TPSA) is 120 Å². The molecule has 0 aliphatic heterocycles. The first-order valence-corrected chi connectivity index (χ1v) is 11.7. The van der Waals surface area contributed by atoms with Crippen LogP contribution in [0.2, 0.25) is 0 Å². The molecule has 1 aromatic carbocycles. The van der Waals surface area contributed by atoms with E-state index in [1.807, 2.05) is 0 Å². The second-order valence-corrected chi connectivity index (χ2v) is 9.23. The minimum atomic E-state index is -3.51. The molecule has 1 N–H and O–H groups in total. The monoisotopic (exact) mass is 484 g/mol. The van der Waals surface area contributed by atoms with Crippen LogP contribution < -0.4 is 14.8 Å². The predicted molar refractivity (Wildman–Crippen MR) is 113 cm³/mol. The number of hydrogen-bond acceptors (Lipinski definition) is 9. The number of sulfone groups is 1. The van der Waals surface area contributed by atoms with Gasteiger partial charge in [-0.25, -0.2) is 27.2 Å². The van der Waals surface area contributed by atoms with Crippen molar-refractivity contribution in [1.29, 1.82) is 0 Å². The molecule has 0 atom stereocenters. The van der Waals surface area contributed by atoms with Gasteiger partial charge in [-0.05, 0) is 37.3 Å². The molecule has 0 radical (unpaired) electrons. The van der Waals surface area contributed by atoms with Gasteiger partial charge in [-0.15, -0.1) is 0 Å². The number of amides is 1. The van der Waals surface area contributed by atoms with Crippen LogP contribution in [0.15, 0.2) is 41.6 Å². The number of benzene rings is 1. The molecule has 170 valence electrons. The Balaban J connectivity index is 1.90. The van der Waals surface area contributed by atoms with Gasteiger partial charge in [0.15, 0.2) is 32.5 Å². The first kappa shape index (κ1) is 23.5. The maximum atomic E-state index is 13.0. The van der Waals surface area contributed by atoms with Crippen molar-refractivity contribution in [3.8, 4) is 17.2 Å². The second kappa shape index (κ2) is 9.96. The van der Waals surface area contributed by atoms with Crippen LogP contribution in [0.1, 0.15) is 16.2 Å². The van der Waals surface area contributed by atoms with E-state index in [0.717, 1.165) is 17.8 Å². The Kier molecular flexibility index (Phi) is 7.30. The summed E-state index contributed by atoms with van der Waals surface area (Å²) in [5.74, 6) is 0.0755. The van der Waals surface area contributed by atoms with Crippen molar-refractivity contribution in [2.24, 2.45) is 0 Å². The molecule has 0 bridgehead atoms. The first-order valence-electron chi connectivity index (χ1n) is 9.08. The SMILES string of the molecule is Cc1nsc(NC(=O)c2ccc(OC(CF)CF)c(Oc3ccc(S(C)(=O)=O)nc3)c2)n1. The lowest BCUT2D eigenvalue weighted by Crippen LogP contribution is -2.21. The van der Waals surface area contributed by atoms with Crippen LogP contribution in [0.25, 0.3) is 0 Å². The molecule has 0 unspecified atom stereocenters. The molecule has 0 saturated heterocycles. The smallest absolute Gasteiger partial charge is 0.257 e. The summed E-state index contributed by atoms with van der Waals surface area (Å²) in [6.45, 7) is -0.460. The number of nitrogens with zero attached hydrogens (tertiary/aromatic N) is 3. The van der Waals surface area contributed by atoms with Gasteiger partial charge in [0.25, 0.3) is 5.91 Å². The number of nitrogens with one attached hydrogen (secondary N) is 1. The van der Waals surface area contributed by atoms with Crippen LogP contribution in [-0.4, -0.2) is 54.4 Å². The molecule has 0 fully saturated rings. The van der Waals surface area contributed by atoms with Crippen molar-refractivity contribution in [2.75, 3.05) is 24.9 Å². The van der Waals surface area contributed by atoms with Crippen molar-refractivity contribution in [2.45, 2.75) is 18.1 Å². The van der Waals surface area contributed by atoms with Gasteiger partial charge >= 0.3 is 0 Å². The minimum absolute atomic E-state index is 0.0131. The zero-order chi connectivity index (χ0) is 23.3. The number of alkyl halides is 2. The molecule has 1 amide bonds. The van der Waals surface area contributed by atoms with Crippen LogP contribution >= 0.6 is 11.5 Å². The van der Waals surface area contributed by atoms with Gasteiger partial charge in [0.05, 0.1) is 6.20 Å². The molecule has 3 rings (SSSR count). The Morgan fingerprint density at radius 2 is 1.94 bits per heavy atom. The van der Waals surface area contributed by atoms with E-state index in [4.69, 9.17) is 9.47 Å². The lowest BCUT2D eigenvalue weighted by atomic mass is 10.2. The van der Waals surface area contributed by atoms with Gasteiger partial charge in [0.1, 0.15) is 24.9 Å². The van der Waals surface area contributed by atoms with E-state index in [-0.39, 0.29) is 27.8 Å². The predicted octanol–water partition coefficient (Wildman–Crippen LogP) is 3.38. The van der Waals surface area contributed by atoms with Crippen molar-refractivity contribution in [3.05, 3.63) is 47.9 Å². The third-order valence-electron chi connectivity index (χ3n) is 3.91. The van der Waals surface area contributed by atoms with Crippen molar-refractivity contribution in [3.63, 3.8) is 0 Å². The van der Waals surface area contributed by atoms with Crippen LogP contribution in [-0.2, 0) is 9.84 Å². The number of halogens is 2. The van der Waals surface area contributed by atoms with E-state index in [1.54, 1.807) is 6.92 Å². The molecule has 3 aromatic rings. The Labute approximate surface area is 186 Å². The molecule has 2 heterocycles. The lowest BCUT2D eigenvalue weighted by molar-refractivity contribution is 0.102. The number of ether oxygens (including phenoxy) is 2. The molecule has 13 heteroatoms. The van der Waals surface area contributed by atoms with Gasteiger partial charge in [-0.2, -0.15) is 4.37 Å². The summed E-state index contributed by atoms with van der Waals surface area (Å²) in [6.07, 6.45) is 0.822. The maximum absolute atomic E-state index is 13.0. The van der Waals surface area contributed by atoms with Gasteiger partial charge in [-0.3, -0.25) is 10.1 Å². The summed E-state index contributed by atoms with van der Waals surface area (Å²) >= 11 is 1.01. The zero-order valence-corrected chi connectivity index (χ0v) is 18.5. The average molecular weight is 485 g/mol. The van der Waals surface area contributed by atoms with E-state index in [0.29, 0.717) is 11.0 Å². The summed E-state index contributed by atoms with van der Waals surface area (Å²) in [5, 5.41) is 2.73. The van der Waals surface area contributed by atoms with Gasteiger partial charge in [0.2, 0.25) is 5.13 Å². The first-order chi connectivity index (χ1) is 15.2. The normalized spacial score (nSPS) is 11.4. The number of carbonyl (C=O) groups is 1. The number of aromatic nitrogens is 3. The molecular weight excluding hydrogens is 466 g/mol. The molecule has 0 aliphatic rings. The van der Waals surface area contributed by atoms with Crippen LogP contribution in [0.5, 0.6) is 17.2 Å².